The molecule has 32 heavy (non-hydrogen) atoms. The number of amides is 2. The standard InChI is InChI=1S/C25H29ClN4O2/c1-4-17-6-8-18(9-7-17)20-12-21(15-30(14-20)25(31)29(3)5-2)24-28-22(16-32-24)19-10-11-27-23(26)13-19/h6-11,13,16,20-21H,4-5,12,14-15H2,1-3H3. The summed E-state index contributed by atoms with van der Waals surface area (Å²) in [5, 5.41) is 0.416. The van der Waals surface area contributed by atoms with Gasteiger partial charge < -0.3 is 14.2 Å². The molecule has 6 nitrogen and oxygen atoms in total. The lowest BCUT2D eigenvalue weighted by atomic mass is 9.84. The number of pyridine rings is 1. The quantitative estimate of drug-likeness (QED) is 0.473. The number of nitrogens with zero attached hydrogens (tertiary/aromatic N) is 4. The lowest BCUT2D eigenvalue weighted by molar-refractivity contribution is 0.138. The Morgan fingerprint density at radius 2 is 1.94 bits per heavy atom. The minimum absolute atomic E-state index is 0.0138. The van der Waals surface area contributed by atoms with Crippen LogP contribution >= 0.6 is 11.6 Å². The van der Waals surface area contributed by atoms with Crippen molar-refractivity contribution in [3.05, 3.63) is 71.0 Å². The van der Waals surface area contributed by atoms with Gasteiger partial charge in [-0.3, -0.25) is 0 Å². The van der Waals surface area contributed by atoms with Gasteiger partial charge in [-0.15, -0.1) is 0 Å². The van der Waals surface area contributed by atoms with Crippen molar-refractivity contribution < 1.29 is 9.21 Å². The van der Waals surface area contributed by atoms with E-state index in [2.05, 4.69) is 36.2 Å². The van der Waals surface area contributed by atoms with Crippen molar-refractivity contribution in [3.63, 3.8) is 0 Å². The van der Waals surface area contributed by atoms with Crippen LogP contribution in [-0.2, 0) is 6.42 Å². The van der Waals surface area contributed by atoms with E-state index < -0.39 is 0 Å². The van der Waals surface area contributed by atoms with Crippen molar-refractivity contribution >= 4 is 17.6 Å². The number of hydrogen-bond acceptors (Lipinski definition) is 4. The number of likely N-dealkylation sites (tertiary alicyclic amines) is 1. The first-order valence-electron chi connectivity index (χ1n) is 11.1. The molecule has 0 N–H and O–H groups in total. The van der Waals surface area contributed by atoms with Crippen LogP contribution in [0.3, 0.4) is 0 Å². The molecule has 3 heterocycles. The Hall–Kier alpha value is -2.86. The van der Waals surface area contributed by atoms with Crippen LogP contribution in [0.2, 0.25) is 5.15 Å². The second-order valence-corrected chi connectivity index (χ2v) is 8.75. The van der Waals surface area contributed by atoms with Crippen LogP contribution in [0.4, 0.5) is 4.79 Å². The molecule has 7 heteroatoms. The Morgan fingerprint density at radius 3 is 2.62 bits per heavy atom. The van der Waals surface area contributed by atoms with E-state index in [4.69, 9.17) is 21.0 Å². The van der Waals surface area contributed by atoms with Gasteiger partial charge in [0.15, 0.2) is 5.89 Å². The van der Waals surface area contributed by atoms with E-state index in [-0.39, 0.29) is 17.9 Å². The number of carbonyl (C=O) groups is 1. The molecule has 1 saturated heterocycles. The van der Waals surface area contributed by atoms with Crippen LogP contribution in [0.1, 0.15) is 49.1 Å². The van der Waals surface area contributed by atoms with E-state index in [0.717, 1.165) is 24.1 Å². The summed E-state index contributed by atoms with van der Waals surface area (Å²) >= 11 is 6.04. The maximum atomic E-state index is 13.0. The second-order valence-electron chi connectivity index (χ2n) is 8.36. The number of aryl methyl sites for hydroxylation is 1. The second kappa shape index (κ2) is 9.74. The van der Waals surface area contributed by atoms with Gasteiger partial charge in [-0.2, -0.15) is 0 Å². The minimum atomic E-state index is 0.0138. The van der Waals surface area contributed by atoms with E-state index in [9.17, 15) is 4.79 Å². The number of urea groups is 1. The third kappa shape index (κ3) is 4.80. The fraction of sp³-hybridized carbons (Fsp3) is 0.400. The summed E-state index contributed by atoms with van der Waals surface area (Å²) < 4.78 is 5.91. The Balaban J connectivity index is 1.62. The first-order chi connectivity index (χ1) is 15.5. The highest BCUT2D eigenvalue weighted by Crippen LogP contribution is 2.37. The first kappa shape index (κ1) is 22.3. The van der Waals surface area contributed by atoms with Gasteiger partial charge in [0, 0.05) is 44.4 Å². The predicted molar refractivity (Wildman–Crippen MR) is 126 cm³/mol. The number of piperidine rings is 1. The highest BCUT2D eigenvalue weighted by Gasteiger charge is 2.35. The van der Waals surface area contributed by atoms with Gasteiger partial charge in [-0.25, -0.2) is 14.8 Å². The molecular weight excluding hydrogens is 424 g/mol. The van der Waals surface area contributed by atoms with Crippen molar-refractivity contribution in [1.29, 1.82) is 0 Å². The molecule has 168 valence electrons. The molecule has 1 aliphatic rings. The van der Waals surface area contributed by atoms with E-state index in [0.29, 0.717) is 30.7 Å². The number of hydrogen-bond donors (Lipinski definition) is 0. The lowest BCUT2D eigenvalue weighted by Crippen LogP contribution is -2.47. The topological polar surface area (TPSA) is 62.5 Å². The van der Waals surface area contributed by atoms with Gasteiger partial charge in [0.25, 0.3) is 0 Å². The van der Waals surface area contributed by atoms with Crippen molar-refractivity contribution in [2.45, 2.75) is 38.5 Å². The lowest BCUT2D eigenvalue weighted by Gasteiger charge is -2.38. The number of benzene rings is 1. The largest absolute Gasteiger partial charge is 0.448 e. The smallest absolute Gasteiger partial charge is 0.319 e. The number of rotatable bonds is 5. The molecule has 2 amide bonds. The fourth-order valence-corrected chi connectivity index (χ4v) is 4.42. The Bertz CT molecular complexity index is 1070. The summed E-state index contributed by atoms with van der Waals surface area (Å²) in [6, 6.07) is 12.4. The summed E-state index contributed by atoms with van der Waals surface area (Å²) in [5.74, 6) is 0.888. The number of halogens is 1. The van der Waals surface area contributed by atoms with Gasteiger partial charge in [0.1, 0.15) is 17.1 Å². The van der Waals surface area contributed by atoms with Gasteiger partial charge in [0.05, 0.1) is 5.92 Å². The molecule has 1 fully saturated rings. The number of carbonyl (C=O) groups excluding carboxylic acids is 1. The zero-order valence-electron chi connectivity index (χ0n) is 18.8. The van der Waals surface area contributed by atoms with Crippen LogP contribution in [-0.4, -0.2) is 52.5 Å². The third-order valence-electron chi connectivity index (χ3n) is 6.27. The summed E-state index contributed by atoms with van der Waals surface area (Å²) in [5.41, 5.74) is 4.15. The Kier molecular flexibility index (Phi) is 6.80. The van der Waals surface area contributed by atoms with Crippen molar-refractivity contribution in [2.75, 3.05) is 26.7 Å². The zero-order chi connectivity index (χ0) is 22.7. The molecule has 0 bridgehead atoms. The molecule has 1 aromatic carbocycles. The van der Waals surface area contributed by atoms with E-state index in [1.54, 1.807) is 23.4 Å². The molecule has 3 aromatic rings. The Morgan fingerprint density at radius 1 is 1.19 bits per heavy atom. The molecule has 2 atom stereocenters. The summed E-state index contributed by atoms with van der Waals surface area (Å²) in [6.45, 7) is 6.09. The maximum Gasteiger partial charge on any atom is 0.319 e. The van der Waals surface area contributed by atoms with Crippen molar-refractivity contribution in [3.8, 4) is 11.3 Å². The predicted octanol–water partition coefficient (Wildman–Crippen LogP) is 5.60. The molecule has 0 aliphatic carbocycles. The highest BCUT2D eigenvalue weighted by atomic mass is 35.5. The van der Waals surface area contributed by atoms with Crippen molar-refractivity contribution in [2.24, 2.45) is 0 Å². The third-order valence-corrected chi connectivity index (χ3v) is 6.48. The van der Waals surface area contributed by atoms with Crippen molar-refractivity contribution in [1.82, 2.24) is 19.8 Å². The fourth-order valence-electron chi connectivity index (χ4n) is 4.25. The van der Waals surface area contributed by atoms with Gasteiger partial charge >= 0.3 is 6.03 Å². The maximum absolute atomic E-state index is 13.0. The zero-order valence-corrected chi connectivity index (χ0v) is 19.5. The molecule has 0 spiro atoms. The van der Waals surface area contributed by atoms with Crippen LogP contribution < -0.4 is 0 Å². The van der Waals surface area contributed by atoms with Gasteiger partial charge in [-0.05, 0) is 43.0 Å². The minimum Gasteiger partial charge on any atom is -0.448 e. The highest BCUT2D eigenvalue weighted by molar-refractivity contribution is 6.29. The molecule has 2 aromatic heterocycles. The Labute approximate surface area is 194 Å². The SMILES string of the molecule is CCc1ccc(C2CC(c3nc(-c4ccnc(Cl)c4)co3)CN(C(=O)N(C)CC)C2)cc1. The number of aromatic nitrogens is 2. The van der Waals surface area contributed by atoms with Crippen LogP contribution in [0, 0.1) is 0 Å². The molecule has 4 rings (SSSR count). The molecule has 1 aliphatic heterocycles. The molecule has 2 unspecified atom stereocenters. The van der Waals surface area contributed by atoms with Gasteiger partial charge in [0.2, 0.25) is 0 Å². The van der Waals surface area contributed by atoms with Gasteiger partial charge in [-0.1, -0.05) is 42.8 Å². The average Bonchev–Trinajstić information content (AvgIpc) is 3.33. The van der Waals surface area contributed by atoms with Crippen LogP contribution in [0.25, 0.3) is 11.3 Å². The monoisotopic (exact) mass is 452 g/mol. The number of oxazole rings is 1. The molecule has 0 saturated carbocycles. The molecular formula is C25H29ClN4O2. The van der Waals surface area contributed by atoms with Crippen LogP contribution in [0.15, 0.2) is 53.3 Å². The first-order valence-corrected chi connectivity index (χ1v) is 11.5. The summed E-state index contributed by atoms with van der Waals surface area (Å²) in [7, 11) is 1.84. The van der Waals surface area contributed by atoms with E-state index >= 15 is 0 Å². The molecule has 0 radical (unpaired) electrons. The van der Waals surface area contributed by atoms with Crippen LogP contribution in [0.5, 0.6) is 0 Å². The summed E-state index contributed by atoms with van der Waals surface area (Å²) in [4.78, 5) is 25.5. The average molecular weight is 453 g/mol. The summed E-state index contributed by atoms with van der Waals surface area (Å²) in [6.07, 6.45) is 5.20. The normalized spacial score (nSPS) is 18.6. The van der Waals surface area contributed by atoms with E-state index in [1.165, 1.54) is 11.1 Å². The van der Waals surface area contributed by atoms with E-state index in [1.807, 2.05) is 24.9 Å².